The van der Waals surface area contributed by atoms with Crippen LogP contribution < -0.4 is 15.0 Å². The van der Waals surface area contributed by atoms with Crippen LogP contribution in [0.3, 0.4) is 0 Å². The fraction of sp³-hybridized carbons (Fsp3) is 0.316. The largest absolute Gasteiger partial charge is 0.496 e. The van der Waals surface area contributed by atoms with Crippen molar-refractivity contribution in [3.05, 3.63) is 58.4 Å². The number of benzene rings is 2. The average Bonchev–Trinajstić information content (AvgIpc) is 2.68. The second-order valence-corrected chi connectivity index (χ2v) is 6.34. The summed E-state index contributed by atoms with van der Waals surface area (Å²) in [6.07, 6.45) is 1.09. The molecule has 1 amide bonds. The Bertz CT molecular complexity index is 851. The summed E-state index contributed by atoms with van der Waals surface area (Å²) in [4.78, 5) is 25.1. The second-order valence-electron chi connectivity index (χ2n) is 6.34. The van der Waals surface area contributed by atoms with Crippen LogP contribution in [0.15, 0.2) is 42.5 Å². The molecule has 27 heavy (non-hydrogen) atoms. The minimum atomic E-state index is -0.557. The van der Waals surface area contributed by atoms with Crippen molar-refractivity contribution in [3.8, 4) is 5.75 Å². The van der Waals surface area contributed by atoms with E-state index in [1.807, 2.05) is 4.90 Å². The van der Waals surface area contributed by atoms with Crippen LogP contribution in [-0.2, 0) is 4.79 Å². The van der Waals surface area contributed by atoms with E-state index in [4.69, 9.17) is 4.74 Å². The number of amides is 1. The molecule has 0 unspecified atom stereocenters. The Morgan fingerprint density at radius 1 is 1.26 bits per heavy atom. The maximum absolute atomic E-state index is 13.9. The summed E-state index contributed by atoms with van der Waals surface area (Å²) in [7, 11) is 1.42. The Hall–Kier alpha value is -3.16. The molecule has 0 saturated carbocycles. The van der Waals surface area contributed by atoms with Gasteiger partial charge in [-0.25, -0.2) is 4.39 Å². The van der Waals surface area contributed by atoms with E-state index in [1.165, 1.54) is 25.3 Å². The summed E-state index contributed by atoms with van der Waals surface area (Å²) < 4.78 is 18.9. The number of nitro benzene ring substituents is 1. The van der Waals surface area contributed by atoms with Gasteiger partial charge in [-0.3, -0.25) is 14.9 Å². The van der Waals surface area contributed by atoms with Gasteiger partial charge in [-0.15, -0.1) is 0 Å². The third-order valence-electron chi connectivity index (χ3n) is 4.72. The number of anilines is 2. The molecular formula is C19H20FN3O4. The van der Waals surface area contributed by atoms with Gasteiger partial charge < -0.3 is 15.0 Å². The van der Waals surface area contributed by atoms with Gasteiger partial charge in [0, 0.05) is 19.0 Å². The minimum absolute atomic E-state index is 0.141. The first-order valence-corrected chi connectivity index (χ1v) is 8.62. The van der Waals surface area contributed by atoms with Crippen LogP contribution in [0.4, 0.5) is 21.5 Å². The highest BCUT2D eigenvalue weighted by molar-refractivity contribution is 5.95. The van der Waals surface area contributed by atoms with Gasteiger partial charge in [0.1, 0.15) is 17.3 Å². The molecule has 1 fully saturated rings. The Labute approximate surface area is 155 Å². The van der Waals surface area contributed by atoms with Gasteiger partial charge in [-0.05, 0) is 37.1 Å². The van der Waals surface area contributed by atoms with Crippen molar-refractivity contribution in [3.63, 3.8) is 0 Å². The maximum atomic E-state index is 13.9. The van der Waals surface area contributed by atoms with E-state index in [0.717, 1.165) is 0 Å². The Balaban J connectivity index is 1.65. The molecule has 7 nitrogen and oxygen atoms in total. The highest BCUT2D eigenvalue weighted by Crippen LogP contribution is 2.31. The summed E-state index contributed by atoms with van der Waals surface area (Å²) >= 11 is 0. The van der Waals surface area contributed by atoms with E-state index in [1.54, 1.807) is 24.3 Å². The lowest BCUT2D eigenvalue weighted by molar-refractivity contribution is -0.384. The van der Waals surface area contributed by atoms with E-state index in [2.05, 4.69) is 5.32 Å². The van der Waals surface area contributed by atoms with Crippen molar-refractivity contribution >= 4 is 23.0 Å². The van der Waals surface area contributed by atoms with E-state index in [-0.39, 0.29) is 29.0 Å². The molecule has 0 spiro atoms. The number of nitro groups is 1. The van der Waals surface area contributed by atoms with Crippen LogP contribution in [-0.4, -0.2) is 31.0 Å². The van der Waals surface area contributed by atoms with Crippen molar-refractivity contribution in [2.45, 2.75) is 12.8 Å². The summed E-state index contributed by atoms with van der Waals surface area (Å²) in [5.74, 6) is -0.488. The number of halogens is 1. The zero-order valence-corrected chi connectivity index (χ0v) is 14.9. The number of rotatable bonds is 5. The number of ether oxygens (including phenoxy) is 1. The van der Waals surface area contributed by atoms with Crippen molar-refractivity contribution in [1.29, 1.82) is 0 Å². The summed E-state index contributed by atoms with van der Waals surface area (Å²) in [5, 5.41) is 13.9. The van der Waals surface area contributed by atoms with Gasteiger partial charge in [0.25, 0.3) is 5.69 Å². The van der Waals surface area contributed by atoms with Gasteiger partial charge in [-0.1, -0.05) is 12.1 Å². The SMILES string of the molecule is COc1ccc(NC(=O)C2CCN(c3ccccc3F)CC2)c([N+](=O)[O-])c1. The van der Waals surface area contributed by atoms with Crippen molar-refractivity contribution in [1.82, 2.24) is 0 Å². The summed E-state index contributed by atoms with van der Waals surface area (Å²) in [6.45, 7) is 1.09. The van der Waals surface area contributed by atoms with Crippen molar-refractivity contribution in [2.75, 3.05) is 30.4 Å². The highest BCUT2D eigenvalue weighted by atomic mass is 19.1. The van der Waals surface area contributed by atoms with E-state index >= 15 is 0 Å². The average molecular weight is 373 g/mol. The molecule has 0 atom stereocenters. The van der Waals surface area contributed by atoms with Crippen molar-refractivity contribution in [2.24, 2.45) is 5.92 Å². The van der Waals surface area contributed by atoms with Crippen LogP contribution in [0.2, 0.25) is 0 Å². The molecular weight excluding hydrogens is 353 g/mol. The Morgan fingerprint density at radius 3 is 2.59 bits per heavy atom. The van der Waals surface area contributed by atoms with Gasteiger partial charge in [-0.2, -0.15) is 0 Å². The summed E-state index contributed by atoms with van der Waals surface area (Å²) in [5.41, 5.74) is 0.455. The molecule has 0 aromatic heterocycles. The van der Waals surface area contributed by atoms with Gasteiger partial charge in [0.15, 0.2) is 0 Å². The highest BCUT2D eigenvalue weighted by Gasteiger charge is 2.27. The predicted molar refractivity (Wildman–Crippen MR) is 99.6 cm³/mol. The van der Waals surface area contributed by atoms with Crippen LogP contribution in [0.5, 0.6) is 5.75 Å². The second kappa shape index (κ2) is 8.03. The third kappa shape index (κ3) is 4.16. The van der Waals surface area contributed by atoms with Crippen LogP contribution in [0, 0.1) is 21.8 Å². The number of nitrogens with zero attached hydrogens (tertiary/aromatic N) is 2. The quantitative estimate of drug-likeness (QED) is 0.639. The third-order valence-corrected chi connectivity index (χ3v) is 4.72. The number of hydrogen-bond acceptors (Lipinski definition) is 5. The molecule has 3 rings (SSSR count). The Morgan fingerprint density at radius 2 is 1.96 bits per heavy atom. The monoisotopic (exact) mass is 373 g/mol. The van der Waals surface area contributed by atoms with Gasteiger partial charge >= 0.3 is 0 Å². The first-order chi connectivity index (χ1) is 13.0. The molecule has 1 aliphatic rings. The lowest BCUT2D eigenvalue weighted by Gasteiger charge is -2.33. The lowest BCUT2D eigenvalue weighted by atomic mass is 9.95. The van der Waals surface area contributed by atoms with Crippen LogP contribution in [0.25, 0.3) is 0 Å². The first-order valence-electron chi connectivity index (χ1n) is 8.62. The number of carbonyl (C=O) groups excluding carboxylic acids is 1. The number of piperidine rings is 1. The predicted octanol–water partition coefficient (Wildman–Crippen LogP) is 3.60. The van der Waals surface area contributed by atoms with Gasteiger partial charge in [0.05, 0.1) is 23.8 Å². The number of nitrogens with one attached hydrogen (secondary N) is 1. The molecule has 142 valence electrons. The molecule has 0 bridgehead atoms. The number of carbonyl (C=O) groups is 1. The zero-order chi connectivity index (χ0) is 19.4. The molecule has 0 aliphatic carbocycles. The molecule has 1 N–H and O–H groups in total. The number of hydrogen-bond donors (Lipinski definition) is 1. The molecule has 1 aliphatic heterocycles. The zero-order valence-electron chi connectivity index (χ0n) is 14.9. The number of methoxy groups -OCH3 is 1. The van der Waals surface area contributed by atoms with Crippen LogP contribution in [0.1, 0.15) is 12.8 Å². The first kappa shape index (κ1) is 18.6. The maximum Gasteiger partial charge on any atom is 0.296 e. The fourth-order valence-corrected chi connectivity index (χ4v) is 3.22. The standard InChI is InChI=1S/C19H20FN3O4/c1-27-14-6-7-16(18(12-14)23(25)26)21-19(24)13-8-10-22(11-9-13)17-5-3-2-4-15(17)20/h2-7,12-13H,8-11H2,1H3,(H,21,24). The van der Waals surface area contributed by atoms with Crippen LogP contribution >= 0.6 is 0 Å². The van der Waals surface area contributed by atoms with Crippen molar-refractivity contribution < 1.29 is 18.8 Å². The molecule has 2 aromatic rings. The smallest absolute Gasteiger partial charge is 0.296 e. The van der Waals surface area contributed by atoms with E-state index in [9.17, 15) is 19.3 Å². The molecule has 1 heterocycles. The molecule has 1 saturated heterocycles. The van der Waals surface area contributed by atoms with E-state index < -0.39 is 4.92 Å². The Kier molecular flexibility index (Phi) is 5.54. The summed E-state index contributed by atoms with van der Waals surface area (Å²) in [6, 6.07) is 10.8. The normalized spacial score (nSPS) is 14.7. The van der Waals surface area contributed by atoms with Gasteiger partial charge in [0.2, 0.25) is 5.91 Å². The fourth-order valence-electron chi connectivity index (χ4n) is 3.22. The molecule has 8 heteroatoms. The number of para-hydroxylation sites is 1. The lowest BCUT2D eigenvalue weighted by Crippen LogP contribution is -2.38. The topological polar surface area (TPSA) is 84.7 Å². The molecule has 2 aromatic carbocycles. The molecule has 0 radical (unpaired) electrons. The van der Waals surface area contributed by atoms with E-state index in [0.29, 0.717) is 37.4 Å². The minimum Gasteiger partial charge on any atom is -0.496 e.